The van der Waals surface area contributed by atoms with E-state index in [2.05, 4.69) is 15.0 Å². The van der Waals surface area contributed by atoms with Gasteiger partial charge >= 0.3 is 6.72 Å². The molecule has 26 heavy (non-hydrogen) atoms. The molecule has 0 aromatic carbocycles. The van der Waals surface area contributed by atoms with E-state index in [1.54, 1.807) is 13.8 Å². The Morgan fingerprint density at radius 3 is 3.00 bits per heavy atom. The highest BCUT2D eigenvalue weighted by atomic mass is 35.5. The molecule has 0 bridgehead atoms. The number of aromatic nitrogens is 4. The van der Waals surface area contributed by atoms with Gasteiger partial charge in [-0.2, -0.15) is 0 Å². The molecule has 0 amide bonds. The number of fused-ring (bicyclic) bond motifs is 2. The smallest absolute Gasteiger partial charge is 0.328 e. The van der Waals surface area contributed by atoms with Crippen LogP contribution in [0.1, 0.15) is 20.1 Å². The van der Waals surface area contributed by atoms with E-state index in [-0.39, 0.29) is 18.5 Å². The maximum atomic E-state index is 15.5. The lowest BCUT2D eigenvalue weighted by molar-refractivity contribution is -0.0635. The van der Waals surface area contributed by atoms with Gasteiger partial charge in [0.2, 0.25) is 0 Å². The van der Waals surface area contributed by atoms with Crippen molar-refractivity contribution < 1.29 is 22.7 Å². The van der Waals surface area contributed by atoms with Crippen LogP contribution < -0.4 is 5.73 Å². The number of hydrogen-bond acceptors (Lipinski definition) is 9. The van der Waals surface area contributed by atoms with Crippen LogP contribution in [-0.2, 0) is 30.1 Å². The number of nitrogen functional groups attached to an aromatic ring is 1. The van der Waals surface area contributed by atoms with Crippen LogP contribution in [0, 0.1) is 0 Å². The van der Waals surface area contributed by atoms with Gasteiger partial charge in [-0.15, -0.1) is 0 Å². The fourth-order valence-electron chi connectivity index (χ4n) is 2.92. The fourth-order valence-corrected chi connectivity index (χ4v) is 5.89. The van der Waals surface area contributed by atoms with Gasteiger partial charge in [-0.3, -0.25) is 9.09 Å². The summed E-state index contributed by atoms with van der Waals surface area (Å²) < 4.78 is 39.3. The molecular weight excluding hydrogens is 408 g/mol. The van der Waals surface area contributed by atoms with Gasteiger partial charge in [0.1, 0.15) is 24.1 Å². The van der Waals surface area contributed by atoms with Gasteiger partial charge in [0.05, 0.1) is 19.0 Å². The first-order chi connectivity index (χ1) is 12.2. The van der Waals surface area contributed by atoms with Gasteiger partial charge in [-0.05, 0) is 25.7 Å². The Bertz CT molecular complexity index is 899. The summed E-state index contributed by atoms with van der Waals surface area (Å²) in [6.07, 6.45) is -0.826. The van der Waals surface area contributed by atoms with Gasteiger partial charge in [-0.1, -0.05) is 11.6 Å². The molecule has 2 N–H and O–H groups in total. The summed E-state index contributed by atoms with van der Waals surface area (Å²) in [5.41, 5.74) is 6.39. The lowest BCUT2D eigenvalue weighted by Gasteiger charge is -2.35. The third kappa shape index (κ3) is 2.91. The average molecular weight is 424 g/mol. The van der Waals surface area contributed by atoms with E-state index < -0.39 is 30.3 Å². The van der Waals surface area contributed by atoms with Crippen molar-refractivity contribution >= 4 is 47.1 Å². The van der Waals surface area contributed by atoms with Crippen molar-refractivity contribution in [1.29, 1.82) is 0 Å². The molecule has 2 saturated heterocycles. The van der Waals surface area contributed by atoms with Crippen LogP contribution in [0.4, 0.5) is 10.2 Å². The predicted molar refractivity (Wildman–Crippen MR) is 94.7 cm³/mol. The summed E-state index contributed by atoms with van der Waals surface area (Å²) in [5.74, 6) is 0.170. The van der Waals surface area contributed by atoms with Crippen molar-refractivity contribution in [3.8, 4) is 0 Å². The number of hydrogen-bond donors (Lipinski definition) is 1. The van der Waals surface area contributed by atoms with E-state index in [9.17, 15) is 0 Å². The van der Waals surface area contributed by atoms with Gasteiger partial charge in [0, 0.05) is 0 Å². The Hall–Kier alpha value is -0.940. The second kappa shape index (κ2) is 6.30. The van der Waals surface area contributed by atoms with Crippen molar-refractivity contribution in [3.05, 3.63) is 12.7 Å². The fraction of sp³-hybridized carbons (Fsp3) is 0.615. The van der Waals surface area contributed by atoms with E-state index in [1.807, 2.05) is 0 Å². The monoisotopic (exact) mass is 423 g/mol. The van der Waals surface area contributed by atoms with Crippen molar-refractivity contribution in [2.24, 2.45) is 0 Å². The van der Waals surface area contributed by atoms with Crippen LogP contribution in [-0.4, -0.2) is 49.6 Å². The van der Waals surface area contributed by atoms with Gasteiger partial charge in [0.25, 0.3) is 5.13 Å². The zero-order valence-electron chi connectivity index (χ0n) is 13.8. The maximum absolute atomic E-state index is 15.5. The summed E-state index contributed by atoms with van der Waals surface area (Å²) in [6.45, 7) is 0.454. The number of anilines is 1. The molecule has 4 rings (SSSR count). The van der Waals surface area contributed by atoms with Gasteiger partial charge in [0.15, 0.2) is 17.7 Å². The van der Waals surface area contributed by atoms with Crippen LogP contribution in [0.5, 0.6) is 0 Å². The highest BCUT2D eigenvalue weighted by Gasteiger charge is 2.62. The van der Waals surface area contributed by atoms with E-state index >= 15 is 4.39 Å². The van der Waals surface area contributed by atoms with Gasteiger partial charge < -0.3 is 19.5 Å². The molecule has 2 fully saturated rings. The predicted octanol–water partition coefficient (Wildman–Crippen LogP) is 2.28. The minimum Gasteiger partial charge on any atom is -0.382 e. The Morgan fingerprint density at radius 2 is 2.27 bits per heavy atom. The number of ether oxygens (including phenoxy) is 1. The zero-order chi connectivity index (χ0) is 18.7. The molecule has 2 aliphatic heterocycles. The summed E-state index contributed by atoms with van der Waals surface area (Å²) in [5, 5.41) is -2.44. The van der Waals surface area contributed by atoms with E-state index in [4.69, 9.17) is 47.4 Å². The molecule has 2 aliphatic rings. The van der Waals surface area contributed by atoms with E-state index in [0.29, 0.717) is 11.2 Å². The topological polar surface area (TPSA) is 107 Å². The lowest BCUT2D eigenvalue weighted by atomic mass is 10.1. The molecule has 0 saturated carbocycles. The third-order valence-electron chi connectivity index (χ3n) is 3.97. The SMILES string of the molecule is CC(C)O[P@@]1(=S)OC[C@H]2O[C@@H](n3cnc4c(N)ncnc43)[C@@](F)(Cl)[C@@H]2O1. The minimum atomic E-state index is -3.12. The molecule has 0 aliphatic carbocycles. The third-order valence-corrected chi connectivity index (χ3v) is 6.83. The second-order valence-electron chi connectivity index (χ2n) is 6.21. The molecule has 0 unspecified atom stereocenters. The average Bonchev–Trinajstić information content (AvgIpc) is 3.07. The first-order valence-electron chi connectivity index (χ1n) is 7.79. The van der Waals surface area contributed by atoms with Crippen LogP contribution in [0.25, 0.3) is 11.2 Å². The molecule has 0 radical (unpaired) electrons. The molecule has 0 spiro atoms. The van der Waals surface area contributed by atoms with Crippen LogP contribution in [0.2, 0.25) is 0 Å². The first kappa shape index (κ1) is 18.4. The Kier molecular flexibility index (Phi) is 4.47. The van der Waals surface area contributed by atoms with Crippen LogP contribution in [0.15, 0.2) is 12.7 Å². The molecule has 13 heteroatoms. The number of nitrogens with zero attached hydrogens (tertiary/aromatic N) is 4. The van der Waals surface area contributed by atoms with E-state index in [1.165, 1.54) is 17.2 Å². The summed E-state index contributed by atoms with van der Waals surface area (Å²) in [6, 6.07) is 0. The molecule has 9 nitrogen and oxygen atoms in total. The molecule has 142 valence electrons. The normalized spacial score (nSPS) is 37.3. The number of halogens is 2. The number of rotatable bonds is 3. The summed E-state index contributed by atoms with van der Waals surface area (Å²) in [4.78, 5) is 12.1. The van der Waals surface area contributed by atoms with Crippen molar-refractivity contribution in [3.63, 3.8) is 0 Å². The molecule has 2 aromatic rings. The number of imidazole rings is 1. The Balaban J connectivity index is 1.68. The van der Waals surface area contributed by atoms with Crippen molar-refractivity contribution in [1.82, 2.24) is 19.5 Å². The minimum absolute atomic E-state index is 0.00725. The highest BCUT2D eigenvalue weighted by Crippen LogP contribution is 2.61. The zero-order valence-corrected chi connectivity index (χ0v) is 16.2. The van der Waals surface area contributed by atoms with E-state index in [0.717, 1.165) is 0 Å². The number of alkyl halides is 2. The Morgan fingerprint density at radius 1 is 1.50 bits per heavy atom. The van der Waals surface area contributed by atoms with Crippen molar-refractivity contribution in [2.45, 2.75) is 43.5 Å². The summed E-state index contributed by atoms with van der Waals surface area (Å²) in [7, 11) is 0. The largest absolute Gasteiger partial charge is 0.382 e. The van der Waals surface area contributed by atoms with Crippen LogP contribution >= 0.6 is 18.3 Å². The molecule has 4 heterocycles. The Labute approximate surface area is 158 Å². The van der Waals surface area contributed by atoms with Crippen LogP contribution in [0.3, 0.4) is 0 Å². The summed E-state index contributed by atoms with van der Waals surface area (Å²) >= 11 is 11.5. The molecule has 2 aromatic heterocycles. The lowest BCUT2D eigenvalue weighted by Crippen LogP contribution is -2.43. The first-order valence-corrected chi connectivity index (χ1v) is 10.7. The number of nitrogens with two attached hydrogens (primary N) is 1. The standard InChI is InChI=1S/C13H16ClFN5O4PS/c1-6(2)23-25(26)21-3-7-9(24-25)13(14,15)12(22-7)20-5-19-8-10(16)17-4-18-11(8)20/h4-7,9,12H,3H2,1-2H3,(H2,16,17,18)/t7-,9-,12-,13-,25+/m1/s1. The highest BCUT2D eigenvalue weighted by molar-refractivity contribution is 8.07. The van der Waals surface area contributed by atoms with Gasteiger partial charge in [-0.25, -0.2) is 19.3 Å². The van der Waals surface area contributed by atoms with Crippen molar-refractivity contribution in [2.75, 3.05) is 12.3 Å². The second-order valence-corrected chi connectivity index (χ2v) is 9.70. The molecule has 5 atom stereocenters. The maximum Gasteiger partial charge on any atom is 0.328 e. The quantitative estimate of drug-likeness (QED) is 0.587. The molecular formula is C13H16ClFN5O4PS.